The number of hydrogen-bond donors (Lipinski definition) is 0. The Kier molecular flexibility index (Phi) is 4.20. The van der Waals surface area contributed by atoms with Gasteiger partial charge in [0.25, 0.3) is 0 Å². The van der Waals surface area contributed by atoms with Crippen LogP contribution in [0.1, 0.15) is 30.4 Å². The maximum absolute atomic E-state index is 5.94. The quantitative estimate of drug-likeness (QED) is 0.579. The number of nitrogens with zero attached hydrogens (tertiary/aromatic N) is 1. The van der Waals surface area contributed by atoms with Gasteiger partial charge in [-0.1, -0.05) is 6.42 Å². The van der Waals surface area contributed by atoms with E-state index in [2.05, 4.69) is 29.2 Å². The molecule has 3 aliphatic heterocycles. The first-order chi connectivity index (χ1) is 14.8. The van der Waals surface area contributed by atoms with E-state index in [0.29, 0.717) is 19.3 Å². The van der Waals surface area contributed by atoms with Gasteiger partial charge in [0.15, 0.2) is 23.0 Å². The number of methoxy groups -OCH3 is 2. The Morgan fingerprint density at radius 3 is 2.17 bits per heavy atom. The highest BCUT2D eigenvalue weighted by Gasteiger charge is 2.32. The second-order valence-corrected chi connectivity index (χ2v) is 8.58. The first-order valence-corrected chi connectivity index (χ1v) is 10.9. The number of hydrogen-bond acceptors (Lipinski definition) is 5. The van der Waals surface area contributed by atoms with Gasteiger partial charge < -0.3 is 18.9 Å². The van der Waals surface area contributed by atoms with Crippen molar-refractivity contribution in [3.05, 3.63) is 35.4 Å². The molecule has 3 aromatic carbocycles. The van der Waals surface area contributed by atoms with Crippen molar-refractivity contribution < 1.29 is 18.9 Å². The highest BCUT2D eigenvalue weighted by atomic mass is 16.6. The predicted molar refractivity (Wildman–Crippen MR) is 117 cm³/mol. The molecule has 3 aliphatic rings. The van der Waals surface area contributed by atoms with E-state index in [1.165, 1.54) is 58.5 Å². The van der Waals surface area contributed by atoms with E-state index >= 15 is 0 Å². The lowest BCUT2D eigenvalue weighted by molar-refractivity contribution is 0.128. The van der Waals surface area contributed by atoms with Crippen LogP contribution in [-0.4, -0.2) is 44.9 Å². The zero-order chi connectivity index (χ0) is 20.2. The molecular weight excluding hydrogens is 378 g/mol. The van der Waals surface area contributed by atoms with Gasteiger partial charge in [0.1, 0.15) is 13.2 Å². The molecular formula is C25H27NO4. The van der Waals surface area contributed by atoms with Crippen LogP contribution in [0.25, 0.3) is 21.5 Å². The zero-order valence-electron chi connectivity index (χ0n) is 17.6. The molecule has 1 saturated heterocycles. The van der Waals surface area contributed by atoms with Gasteiger partial charge in [-0.3, -0.25) is 4.90 Å². The molecule has 156 valence electrons. The molecule has 5 nitrogen and oxygen atoms in total. The number of ether oxygens (including phenoxy) is 4. The summed E-state index contributed by atoms with van der Waals surface area (Å²) in [5.41, 5.74) is 2.89. The van der Waals surface area contributed by atoms with Gasteiger partial charge in [-0.2, -0.15) is 0 Å². The fourth-order valence-corrected chi connectivity index (χ4v) is 5.59. The van der Waals surface area contributed by atoms with Crippen molar-refractivity contribution in [2.75, 3.05) is 34.0 Å². The highest BCUT2D eigenvalue weighted by Crippen LogP contribution is 2.46. The molecule has 0 amide bonds. The number of fused-ring (bicyclic) bond motifs is 8. The largest absolute Gasteiger partial charge is 0.493 e. The third-order valence-electron chi connectivity index (χ3n) is 7.06. The van der Waals surface area contributed by atoms with E-state index in [1.807, 2.05) is 0 Å². The minimum atomic E-state index is 0.591. The molecule has 0 spiro atoms. The maximum atomic E-state index is 5.94. The summed E-state index contributed by atoms with van der Waals surface area (Å²) in [5, 5.41) is 4.95. The third-order valence-corrected chi connectivity index (χ3v) is 7.06. The van der Waals surface area contributed by atoms with Crippen LogP contribution in [0.3, 0.4) is 0 Å². The second-order valence-electron chi connectivity index (χ2n) is 8.58. The van der Waals surface area contributed by atoms with E-state index in [9.17, 15) is 0 Å². The standard InChI is InChI=1S/C25H27NO4/c1-27-22-10-17-16-9-15-5-3-4-6-26(15)14-21(16)20-13-25-24(29-7-8-30-25)12-19(20)18(17)11-23(22)28-2/h10-13,15H,3-9,14H2,1-2H3. The predicted octanol–water partition coefficient (Wildman–Crippen LogP) is 4.69. The molecule has 1 fully saturated rings. The van der Waals surface area contributed by atoms with Crippen molar-refractivity contribution in [3.63, 3.8) is 0 Å². The molecule has 0 aromatic heterocycles. The van der Waals surface area contributed by atoms with Crippen LogP contribution >= 0.6 is 0 Å². The Morgan fingerprint density at radius 2 is 1.43 bits per heavy atom. The highest BCUT2D eigenvalue weighted by molar-refractivity contribution is 6.12. The summed E-state index contributed by atoms with van der Waals surface area (Å²) >= 11 is 0. The van der Waals surface area contributed by atoms with Gasteiger partial charge in [-0.25, -0.2) is 0 Å². The first kappa shape index (κ1) is 18.1. The summed E-state index contributed by atoms with van der Waals surface area (Å²) in [5.74, 6) is 3.24. The smallest absolute Gasteiger partial charge is 0.162 e. The first-order valence-electron chi connectivity index (χ1n) is 10.9. The Hall–Kier alpha value is -2.66. The monoisotopic (exact) mass is 405 g/mol. The fourth-order valence-electron chi connectivity index (χ4n) is 5.59. The lowest BCUT2D eigenvalue weighted by Gasteiger charge is -2.41. The second kappa shape index (κ2) is 6.95. The van der Waals surface area contributed by atoms with Crippen LogP contribution in [0.15, 0.2) is 24.3 Å². The van der Waals surface area contributed by atoms with Crippen LogP contribution < -0.4 is 18.9 Å². The zero-order valence-corrected chi connectivity index (χ0v) is 17.6. The summed E-state index contributed by atoms with van der Waals surface area (Å²) < 4.78 is 23.2. The molecule has 0 aliphatic carbocycles. The van der Waals surface area contributed by atoms with Crippen molar-refractivity contribution in [3.8, 4) is 23.0 Å². The number of piperidine rings is 1. The van der Waals surface area contributed by atoms with Gasteiger partial charge in [0, 0.05) is 12.6 Å². The molecule has 0 radical (unpaired) electrons. The summed E-state index contributed by atoms with van der Waals surface area (Å²) in [4.78, 5) is 2.68. The topological polar surface area (TPSA) is 40.2 Å². The summed E-state index contributed by atoms with van der Waals surface area (Å²) in [6.45, 7) is 3.39. The van der Waals surface area contributed by atoms with E-state index in [1.54, 1.807) is 14.2 Å². The van der Waals surface area contributed by atoms with Crippen molar-refractivity contribution in [2.45, 2.75) is 38.3 Å². The number of rotatable bonds is 2. The SMILES string of the molecule is COc1cc2c3c(c4cc5c(cc4c2cc1OC)OCCO5)CN1CCCCC1C3. The van der Waals surface area contributed by atoms with Crippen molar-refractivity contribution >= 4 is 21.5 Å². The Morgan fingerprint density at radius 1 is 0.800 bits per heavy atom. The molecule has 1 unspecified atom stereocenters. The number of benzene rings is 3. The maximum Gasteiger partial charge on any atom is 0.162 e. The average molecular weight is 405 g/mol. The van der Waals surface area contributed by atoms with E-state index in [4.69, 9.17) is 18.9 Å². The average Bonchev–Trinajstić information content (AvgIpc) is 2.81. The van der Waals surface area contributed by atoms with Gasteiger partial charge in [-0.05, 0) is 82.7 Å². The Labute approximate surface area is 176 Å². The lowest BCUT2D eigenvalue weighted by atomic mass is 9.82. The fraction of sp³-hybridized carbons (Fsp3) is 0.440. The Balaban J connectivity index is 1.69. The molecule has 0 N–H and O–H groups in total. The van der Waals surface area contributed by atoms with Gasteiger partial charge in [0.2, 0.25) is 0 Å². The molecule has 1 atom stereocenters. The van der Waals surface area contributed by atoms with Gasteiger partial charge in [0.05, 0.1) is 14.2 Å². The minimum Gasteiger partial charge on any atom is -0.493 e. The molecule has 0 saturated carbocycles. The molecule has 3 heterocycles. The molecule has 3 aromatic rings. The molecule has 0 bridgehead atoms. The van der Waals surface area contributed by atoms with Gasteiger partial charge >= 0.3 is 0 Å². The summed E-state index contributed by atoms with van der Waals surface area (Å²) in [6, 6.07) is 9.28. The van der Waals surface area contributed by atoms with Crippen LogP contribution in [0.2, 0.25) is 0 Å². The van der Waals surface area contributed by atoms with E-state index in [0.717, 1.165) is 36.0 Å². The van der Waals surface area contributed by atoms with Gasteiger partial charge in [-0.15, -0.1) is 0 Å². The normalized spacial score (nSPS) is 20.7. The van der Waals surface area contributed by atoms with Crippen LogP contribution in [0.4, 0.5) is 0 Å². The molecule has 5 heteroatoms. The Bertz CT molecular complexity index is 1080. The van der Waals surface area contributed by atoms with Crippen LogP contribution in [0, 0.1) is 0 Å². The third kappa shape index (κ3) is 2.64. The lowest BCUT2D eigenvalue weighted by Crippen LogP contribution is -2.43. The minimum absolute atomic E-state index is 0.591. The van der Waals surface area contributed by atoms with E-state index in [-0.39, 0.29) is 0 Å². The molecule has 30 heavy (non-hydrogen) atoms. The van der Waals surface area contributed by atoms with Crippen LogP contribution in [-0.2, 0) is 13.0 Å². The van der Waals surface area contributed by atoms with Crippen molar-refractivity contribution in [1.82, 2.24) is 4.90 Å². The van der Waals surface area contributed by atoms with Crippen molar-refractivity contribution in [2.24, 2.45) is 0 Å². The summed E-state index contributed by atoms with van der Waals surface area (Å²) in [6.07, 6.45) is 5.01. The van der Waals surface area contributed by atoms with Crippen LogP contribution in [0.5, 0.6) is 23.0 Å². The van der Waals surface area contributed by atoms with E-state index < -0.39 is 0 Å². The van der Waals surface area contributed by atoms with Crippen molar-refractivity contribution in [1.29, 1.82) is 0 Å². The molecule has 6 rings (SSSR count). The summed E-state index contributed by atoms with van der Waals surface area (Å²) in [7, 11) is 3.41.